The monoisotopic (exact) mass is 640 g/mol. The molecule has 0 radical (unpaired) electrons. The number of ketones is 1. The van der Waals surface area contributed by atoms with Crippen LogP contribution in [0.5, 0.6) is 11.5 Å². The Kier molecular flexibility index (Phi) is 8.96. The third kappa shape index (κ3) is 6.30. The highest BCUT2D eigenvalue weighted by Gasteiger charge is 2.61. The second-order valence-corrected chi connectivity index (χ2v) is 13.6. The van der Waals surface area contributed by atoms with Crippen LogP contribution in [0.15, 0.2) is 48.6 Å². The molecule has 4 heterocycles. The number of nitrogens with zero attached hydrogens (tertiary/aromatic N) is 4. The van der Waals surface area contributed by atoms with Crippen molar-refractivity contribution in [3.63, 3.8) is 0 Å². The lowest BCUT2D eigenvalue weighted by molar-refractivity contribution is -0.146. The largest absolute Gasteiger partial charge is 0.496 e. The van der Waals surface area contributed by atoms with Crippen molar-refractivity contribution >= 4 is 28.7 Å². The number of ether oxygens (including phenoxy) is 2. The lowest BCUT2D eigenvalue weighted by Crippen LogP contribution is -2.47. The first kappa shape index (κ1) is 32.5. The molecule has 0 spiro atoms. The van der Waals surface area contributed by atoms with Crippen LogP contribution in [0, 0.1) is 18.3 Å². The van der Waals surface area contributed by atoms with Crippen LogP contribution in [0.1, 0.15) is 69.5 Å². The molecular formula is C37H44N4O6. The Bertz CT molecular complexity index is 1740. The summed E-state index contributed by atoms with van der Waals surface area (Å²) in [5, 5.41) is 10.9. The molecule has 248 valence electrons. The van der Waals surface area contributed by atoms with Crippen molar-refractivity contribution in [1.29, 1.82) is 0 Å². The van der Waals surface area contributed by atoms with E-state index in [-0.39, 0.29) is 43.0 Å². The van der Waals surface area contributed by atoms with Crippen molar-refractivity contribution in [3.8, 4) is 22.9 Å². The van der Waals surface area contributed by atoms with E-state index in [0.29, 0.717) is 41.4 Å². The molecular weight excluding hydrogens is 596 g/mol. The Balaban J connectivity index is 1.36. The van der Waals surface area contributed by atoms with Gasteiger partial charge in [0.2, 0.25) is 0 Å². The van der Waals surface area contributed by atoms with Gasteiger partial charge in [-0.25, -0.2) is 9.78 Å². The van der Waals surface area contributed by atoms with Crippen LogP contribution in [-0.4, -0.2) is 82.1 Å². The van der Waals surface area contributed by atoms with Gasteiger partial charge in [0.25, 0.3) is 0 Å². The molecule has 2 aliphatic heterocycles. The zero-order valence-corrected chi connectivity index (χ0v) is 27.9. The molecule has 4 atom stereocenters. The number of aryl methyl sites for hydroxylation is 1. The van der Waals surface area contributed by atoms with Gasteiger partial charge in [-0.1, -0.05) is 32.1 Å². The fraction of sp³-hybridized carbons (Fsp3) is 0.486. The molecule has 2 fully saturated rings. The van der Waals surface area contributed by atoms with Crippen molar-refractivity contribution in [2.24, 2.45) is 11.3 Å². The second-order valence-electron chi connectivity index (χ2n) is 13.6. The van der Waals surface area contributed by atoms with E-state index in [0.717, 1.165) is 35.9 Å². The summed E-state index contributed by atoms with van der Waals surface area (Å²) in [5.41, 5.74) is 2.78. The summed E-state index contributed by atoms with van der Waals surface area (Å²) in [6, 6.07) is 10.6. The van der Waals surface area contributed by atoms with Gasteiger partial charge < -0.3 is 24.4 Å². The number of carbonyl (C=O) groups excluding carboxylic acids is 2. The van der Waals surface area contributed by atoms with Crippen LogP contribution in [0.4, 0.5) is 4.79 Å². The molecule has 1 saturated heterocycles. The maximum atomic E-state index is 13.9. The van der Waals surface area contributed by atoms with Crippen LogP contribution in [0.25, 0.3) is 22.3 Å². The van der Waals surface area contributed by atoms with Crippen molar-refractivity contribution in [2.45, 2.75) is 77.4 Å². The Labute approximate surface area is 275 Å². The number of carbonyl (C=O) groups is 3. The van der Waals surface area contributed by atoms with E-state index in [2.05, 4.69) is 13.8 Å². The van der Waals surface area contributed by atoms with Crippen LogP contribution in [-0.2, 0) is 9.59 Å². The van der Waals surface area contributed by atoms with Crippen LogP contribution in [0.3, 0.4) is 0 Å². The van der Waals surface area contributed by atoms with Crippen molar-refractivity contribution in [2.75, 3.05) is 27.2 Å². The smallest absolute Gasteiger partial charge is 0.320 e. The number of fused-ring (bicyclic) bond motifs is 3. The molecule has 2 amide bonds. The van der Waals surface area contributed by atoms with Gasteiger partial charge in [0.1, 0.15) is 17.6 Å². The molecule has 1 N–H and O–H groups in total. The standard InChI is InChI=1S/C37H44N4O6/c1-22(2)27-12-10-13-28(38-27)29-18-33(26-14-15-32(46-5)23(3)34(26)39-29)47-25-17-30-31(42)20-37(35(43)44)19-24(37)11-8-6-7-9-16-40(4)36(45)41(30)21-25/h8,10-15,18,22,24-25,30H,6-7,9,16-17,19-21H2,1-5H3,(H,43,44)/b11-8-/t24-,25-,30+,37-/m1/s1. The highest BCUT2D eigenvalue weighted by Crippen LogP contribution is 2.57. The Morgan fingerprint density at radius 2 is 1.89 bits per heavy atom. The number of carboxylic acid groups (broad SMARTS) is 1. The highest BCUT2D eigenvalue weighted by molar-refractivity contribution is 5.95. The predicted octanol–water partition coefficient (Wildman–Crippen LogP) is 6.40. The van der Waals surface area contributed by atoms with Gasteiger partial charge in [0.05, 0.1) is 42.0 Å². The molecule has 0 unspecified atom stereocenters. The number of amides is 2. The van der Waals surface area contributed by atoms with Gasteiger partial charge >= 0.3 is 12.0 Å². The third-order valence-corrected chi connectivity index (χ3v) is 10.0. The van der Waals surface area contributed by atoms with Gasteiger partial charge in [-0.3, -0.25) is 14.6 Å². The molecule has 2 aromatic heterocycles. The molecule has 1 aromatic carbocycles. The molecule has 6 rings (SSSR count). The number of urea groups is 1. The SMILES string of the molecule is COc1ccc2c(O[C@@H]3C[C@H]4C(=O)C[C@]5(C(=O)O)C[C@H]5/C=C\CCCCN(C)C(=O)N4C3)cc(-c3cccc(C(C)C)n3)nc2c1C. The maximum absolute atomic E-state index is 13.9. The Morgan fingerprint density at radius 3 is 2.64 bits per heavy atom. The van der Waals surface area contributed by atoms with Gasteiger partial charge in [-0.05, 0) is 68.7 Å². The molecule has 3 aliphatic rings. The summed E-state index contributed by atoms with van der Waals surface area (Å²) in [7, 11) is 3.38. The topological polar surface area (TPSA) is 122 Å². The van der Waals surface area contributed by atoms with Crippen molar-refractivity contribution in [3.05, 3.63) is 59.8 Å². The number of aromatic nitrogens is 2. The first-order chi connectivity index (χ1) is 22.5. The third-order valence-electron chi connectivity index (χ3n) is 10.0. The van der Waals surface area contributed by atoms with E-state index in [1.165, 1.54) is 0 Å². The first-order valence-corrected chi connectivity index (χ1v) is 16.6. The van der Waals surface area contributed by atoms with E-state index in [1.54, 1.807) is 24.0 Å². The summed E-state index contributed by atoms with van der Waals surface area (Å²) in [4.78, 5) is 53.2. The quantitative estimate of drug-likeness (QED) is 0.307. The van der Waals surface area contributed by atoms with Crippen LogP contribution >= 0.6 is 0 Å². The Hall–Kier alpha value is -4.47. The summed E-state index contributed by atoms with van der Waals surface area (Å²) >= 11 is 0. The van der Waals surface area contributed by atoms with E-state index >= 15 is 0 Å². The summed E-state index contributed by atoms with van der Waals surface area (Å²) < 4.78 is 12.3. The molecule has 47 heavy (non-hydrogen) atoms. The summed E-state index contributed by atoms with van der Waals surface area (Å²) in [6.07, 6.45) is 6.61. The number of pyridine rings is 2. The lowest BCUT2D eigenvalue weighted by atomic mass is 9.92. The van der Waals surface area contributed by atoms with Gasteiger partial charge in [-0.2, -0.15) is 0 Å². The number of hydrogen-bond donors (Lipinski definition) is 1. The molecule has 10 nitrogen and oxygen atoms in total. The minimum absolute atomic E-state index is 0.110. The molecule has 1 saturated carbocycles. The summed E-state index contributed by atoms with van der Waals surface area (Å²) in [6.45, 7) is 6.92. The number of hydrogen-bond acceptors (Lipinski definition) is 7. The van der Waals surface area contributed by atoms with Gasteiger partial charge in [0.15, 0.2) is 5.78 Å². The molecule has 3 aromatic rings. The maximum Gasteiger partial charge on any atom is 0.320 e. The van der Waals surface area contributed by atoms with E-state index in [9.17, 15) is 19.5 Å². The molecule has 10 heteroatoms. The molecule has 1 aliphatic carbocycles. The van der Waals surface area contributed by atoms with Gasteiger partial charge in [-0.15, -0.1) is 0 Å². The predicted molar refractivity (Wildman–Crippen MR) is 179 cm³/mol. The number of methoxy groups -OCH3 is 1. The number of carboxylic acids is 1. The zero-order chi connectivity index (χ0) is 33.5. The average molecular weight is 641 g/mol. The van der Waals surface area contributed by atoms with E-state index in [4.69, 9.17) is 19.4 Å². The minimum atomic E-state index is -1.11. The fourth-order valence-electron chi connectivity index (χ4n) is 7.05. The second kappa shape index (κ2) is 13.0. The minimum Gasteiger partial charge on any atom is -0.496 e. The lowest BCUT2D eigenvalue weighted by Gasteiger charge is -2.29. The van der Waals surface area contributed by atoms with Crippen molar-refractivity contribution < 1.29 is 29.0 Å². The number of rotatable bonds is 6. The van der Waals surface area contributed by atoms with Crippen LogP contribution in [0.2, 0.25) is 0 Å². The fourth-order valence-corrected chi connectivity index (χ4v) is 7.05. The van der Waals surface area contributed by atoms with Crippen LogP contribution < -0.4 is 9.47 Å². The molecule has 0 bridgehead atoms. The Morgan fingerprint density at radius 1 is 1.09 bits per heavy atom. The average Bonchev–Trinajstić information content (AvgIpc) is 3.59. The number of Topliss-reactive ketones (excluding diaryl/α,β-unsaturated/α-hetero) is 1. The normalized spacial score (nSPS) is 25.7. The van der Waals surface area contributed by atoms with Crippen molar-refractivity contribution in [1.82, 2.24) is 19.8 Å². The van der Waals surface area contributed by atoms with E-state index in [1.807, 2.05) is 55.5 Å². The highest BCUT2D eigenvalue weighted by atomic mass is 16.5. The zero-order valence-electron chi connectivity index (χ0n) is 27.9. The van der Waals surface area contributed by atoms with Gasteiger partial charge in [0, 0.05) is 49.1 Å². The number of benzene rings is 1. The number of aliphatic carboxylic acids is 1. The van der Waals surface area contributed by atoms with E-state index < -0.39 is 23.5 Å². The number of allylic oxidation sites excluding steroid dienone is 2. The first-order valence-electron chi connectivity index (χ1n) is 16.6. The summed E-state index contributed by atoms with van der Waals surface area (Å²) in [5.74, 6) is 0.161.